The van der Waals surface area contributed by atoms with Crippen molar-refractivity contribution in [2.75, 3.05) is 0 Å². The van der Waals surface area contributed by atoms with E-state index in [1.54, 1.807) is 30.7 Å². The highest BCUT2D eigenvalue weighted by molar-refractivity contribution is 5.99. The molecule has 1 atom stereocenters. The van der Waals surface area contributed by atoms with Crippen molar-refractivity contribution in [3.8, 4) is 6.07 Å². The Morgan fingerprint density at radius 3 is 2.58 bits per heavy atom. The van der Waals surface area contributed by atoms with Crippen LogP contribution in [-0.4, -0.2) is 20.7 Å². The molecule has 0 aliphatic rings. The lowest BCUT2D eigenvalue weighted by atomic mass is 9.92. The molecule has 5 nitrogen and oxygen atoms in total. The van der Waals surface area contributed by atoms with Crippen molar-refractivity contribution in [1.29, 1.82) is 10.7 Å². The Hall–Kier alpha value is -2.61. The number of hydrogen-bond acceptors (Lipinski definition) is 5. The summed E-state index contributed by atoms with van der Waals surface area (Å²) in [5, 5.41) is 16.9. The van der Waals surface area contributed by atoms with Crippen LogP contribution in [0.3, 0.4) is 0 Å². The standard InChI is InChI=1S/C14H13N5/c1-2-12(10-4-5-11(8-15)19-9-10)13(16)14-17-6-3-7-18-14/h3-7,9,12,16H,2H2,1H3. The molecule has 1 unspecified atom stereocenters. The van der Waals surface area contributed by atoms with Crippen LogP contribution < -0.4 is 0 Å². The largest absolute Gasteiger partial charge is 0.301 e. The topological polar surface area (TPSA) is 86.3 Å². The van der Waals surface area contributed by atoms with Crippen LogP contribution in [0.2, 0.25) is 0 Å². The van der Waals surface area contributed by atoms with Crippen LogP contribution in [0.5, 0.6) is 0 Å². The molecule has 0 bridgehead atoms. The Kier molecular flexibility index (Phi) is 3.94. The average molecular weight is 251 g/mol. The number of nitriles is 1. The molecule has 0 aromatic carbocycles. The normalized spacial score (nSPS) is 11.6. The van der Waals surface area contributed by atoms with Crippen LogP contribution in [0, 0.1) is 16.7 Å². The first-order valence-electron chi connectivity index (χ1n) is 5.98. The van der Waals surface area contributed by atoms with Crippen LogP contribution in [0.1, 0.15) is 36.3 Å². The van der Waals surface area contributed by atoms with E-state index in [9.17, 15) is 0 Å². The molecular formula is C14H13N5. The van der Waals surface area contributed by atoms with E-state index in [0.717, 1.165) is 12.0 Å². The van der Waals surface area contributed by atoms with E-state index in [1.807, 2.05) is 19.1 Å². The Bertz CT molecular complexity index is 598. The van der Waals surface area contributed by atoms with E-state index in [4.69, 9.17) is 10.7 Å². The van der Waals surface area contributed by atoms with E-state index in [-0.39, 0.29) is 5.92 Å². The van der Waals surface area contributed by atoms with Crippen LogP contribution in [-0.2, 0) is 0 Å². The van der Waals surface area contributed by atoms with Gasteiger partial charge in [-0.15, -0.1) is 0 Å². The maximum atomic E-state index is 8.74. The minimum atomic E-state index is -0.109. The molecule has 0 aliphatic carbocycles. The number of rotatable bonds is 4. The van der Waals surface area contributed by atoms with Crippen molar-refractivity contribution in [3.05, 3.63) is 53.9 Å². The lowest BCUT2D eigenvalue weighted by Crippen LogP contribution is -2.15. The minimum absolute atomic E-state index is 0.109. The molecule has 2 aromatic heterocycles. The maximum Gasteiger partial charge on any atom is 0.173 e. The van der Waals surface area contributed by atoms with Gasteiger partial charge in [-0.1, -0.05) is 13.0 Å². The van der Waals surface area contributed by atoms with Gasteiger partial charge in [-0.05, 0) is 24.1 Å². The summed E-state index contributed by atoms with van der Waals surface area (Å²) >= 11 is 0. The van der Waals surface area contributed by atoms with Gasteiger partial charge in [0.15, 0.2) is 5.82 Å². The van der Waals surface area contributed by atoms with Gasteiger partial charge in [-0.25, -0.2) is 15.0 Å². The van der Waals surface area contributed by atoms with E-state index in [2.05, 4.69) is 15.0 Å². The highest BCUT2D eigenvalue weighted by Gasteiger charge is 2.19. The molecule has 0 spiro atoms. The van der Waals surface area contributed by atoms with Crippen molar-refractivity contribution < 1.29 is 0 Å². The maximum absolute atomic E-state index is 8.74. The fraction of sp³-hybridized carbons (Fsp3) is 0.214. The molecule has 0 aliphatic heterocycles. The van der Waals surface area contributed by atoms with Gasteiger partial charge in [-0.2, -0.15) is 5.26 Å². The number of hydrogen-bond donors (Lipinski definition) is 1. The Balaban J connectivity index is 2.29. The van der Waals surface area contributed by atoms with E-state index in [0.29, 0.717) is 17.2 Å². The van der Waals surface area contributed by atoms with Crippen molar-refractivity contribution in [1.82, 2.24) is 15.0 Å². The first kappa shape index (κ1) is 12.8. The molecule has 0 radical (unpaired) electrons. The molecule has 1 N–H and O–H groups in total. The third-order valence-electron chi connectivity index (χ3n) is 2.87. The lowest BCUT2D eigenvalue weighted by Gasteiger charge is -2.15. The van der Waals surface area contributed by atoms with E-state index in [1.165, 1.54) is 0 Å². The second-order valence-corrected chi connectivity index (χ2v) is 4.04. The van der Waals surface area contributed by atoms with Crippen molar-refractivity contribution in [3.63, 3.8) is 0 Å². The number of aromatic nitrogens is 3. The van der Waals surface area contributed by atoms with Crippen molar-refractivity contribution in [2.45, 2.75) is 19.3 Å². The van der Waals surface area contributed by atoms with Crippen molar-refractivity contribution >= 4 is 5.71 Å². The predicted molar refractivity (Wildman–Crippen MR) is 70.8 cm³/mol. The lowest BCUT2D eigenvalue weighted by molar-refractivity contribution is 0.824. The first-order valence-corrected chi connectivity index (χ1v) is 5.98. The van der Waals surface area contributed by atoms with E-state index < -0.39 is 0 Å². The number of nitrogens with one attached hydrogen (secondary N) is 1. The molecule has 0 saturated carbocycles. The van der Waals surface area contributed by atoms with Gasteiger partial charge in [0.05, 0.1) is 5.71 Å². The van der Waals surface area contributed by atoms with Crippen LogP contribution >= 0.6 is 0 Å². The molecule has 2 rings (SSSR count). The summed E-state index contributed by atoms with van der Waals surface area (Å²) < 4.78 is 0. The minimum Gasteiger partial charge on any atom is -0.301 e. The van der Waals surface area contributed by atoms with Gasteiger partial charge < -0.3 is 5.41 Å². The van der Waals surface area contributed by atoms with Gasteiger partial charge in [-0.3, -0.25) is 0 Å². The van der Waals surface area contributed by atoms with Gasteiger partial charge in [0.25, 0.3) is 0 Å². The van der Waals surface area contributed by atoms with Gasteiger partial charge in [0.1, 0.15) is 11.8 Å². The third kappa shape index (κ3) is 2.80. The second-order valence-electron chi connectivity index (χ2n) is 4.04. The van der Waals surface area contributed by atoms with Crippen LogP contribution in [0.25, 0.3) is 0 Å². The molecule has 2 aromatic rings. The summed E-state index contributed by atoms with van der Waals surface area (Å²) in [4.78, 5) is 12.2. The molecule has 0 saturated heterocycles. The monoisotopic (exact) mass is 251 g/mol. The molecule has 94 valence electrons. The highest BCUT2D eigenvalue weighted by Crippen LogP contribution is 2.22. The summed E-state index contributed by atoms with van der Waals surface area (Å²) in [5.74, 6) is 0.321. The highest BCUT2D eigenvalue weighted by atomic mass is 14.9. The molecule has 5 heteroatoms. The zero-order chi connectivity index (χ0) is 13.7. The quantitative estimate of drug-likeness (QED) is 0.845. The molecule has 0 amide bonds. The SMILES string of the molecule is CCC(C(=N)c1ncccn1)c1ccc(C#N)nc1. The smallest absolute Gasteiger partial charge is 0.173 e. The molecule has 0 fully saturated rings. The third-order valence-corrected chi connectivity index (χ3v) is 2.87. The first-order chi connectivity index (χ1) is 9.26. The summed E-state index contributed by atoms with van der Waals surface area (Å²) in [5.41, 5.74) is 1.65. The fourth-order valence-corrected chi connectivity index (χ4v) is 1.88. The van der Waals surface area contributed by atoms with Gasteiger partial charge >= 0.3 is 0 Å². The summed E-state index contributed by atoms with van der Waals surface area (Å²) in [6.07, 6.45) is 5.65. The van der Waals surface area contributed by atoms with Crippen LogP contribution in [0.15, 0.2) is 36.8 Å². The molecular weight excluding hydrogens is 238 g/mol. The Morgan fingerprint density at radius 1 is 1.32 bits per heavy atom. The average Bonchev–Trinajstić information content (AvgIpc) is 2.49. The summed E-state index contributed by atoms with van der Waals surface area (Å²) in [6.45, 7) is 2.00. The zero-order valence-corrected chi connectivity index (χ0v) is 10.5. The van der Waals surface area contributed by atoms with Gasteiger partial charge in [0, 0.05) is 24.5 Å². The molecule has 2 heterocycles. The predicted octanol–water partition coefficient (Wildman–Crippen LogP) is 2.30. The second kappa shape index (κ2) is 5.83. The fourth-order valence-electron chi connectivity index (χ4n) is 1.88. The summed E-state index contributed by atoms with van der Waals surface area (Å²) in [7, 11) is 0. The van der Waals surface area contributed by atoms with Crippen LogP contribution in [0.4, 0.5) is 0 Å². The number of nitrogens with zero attached hydrogens (tertiary/aromatic N) is 4. The van der Waals surface area contributed by atoms with Gasteiger partial charge in [0.2, 0.25) is 0 Å². The number of pyridine rings is 1. The Morgan fingerprint density at radius 2 is 2.05 bits per heavy atom. The van der Waals surface area contributed by atoms with Crippen molar-refractivity contribution in [2.24, 2.45) is 0 Å². The van der Waals surface area contributed by atoms with E-state index >= 15 is 0 Å². The summed E-state index contributed by atoms with van der Waals surface area (Å²) in [6, 6.07) is 7.20. The molecule has 19 heavy (non-hydrogen) atoms. The zero-order valence-electron chi connectivity index (χ0n) is 10.5. The Labute approximate surface area is 111 Å².